The molecule has 0 atom stereocenters. The van der Waals surface area contributed by atoms with Gasteiger partial charge in [0.05, 0.1) is 13.2 Å². The van der Waals surface area contributed by atoms with Gasteiger partial charge in [0, 0.05) is 33.4 Å². The molecule has 0 spiro atoms. The van der Waals surface area contributed by atoms with Crippen molar-refractivity contribution in [3.05, 3.63) is 34.9 Å². The number of aliphatic imine (C=N–C) groups is 1. The van der Waals surface area contributed by atoms with Crippen LogP contribution >= 0.6 is 24.0 Å². The van der Waals surface area contributed by atoms with Gasteiger partial charge in [-0.1, -0.05) is 29.3 Å². The van der Waals surface area contributed by atoms with E-state index in [1.54, 1.807) is 7.11 Å². The maximum absolute atomic E-state index is 5.44. The quantitative estimate of drug-likeness (QED) is 0.229. The normalized spacial score (nSPS) is 11.1. The molecule has 0 amide bonds. The molecule has 0 saturated carbocycles. The Bertz CT molecular complexity index is 475. The monoisotopic (exact) mass is 463 g/mol. The Morgan fingerprint density at radius 2 is 1.76 bits per heavy atom. The summed E-state index contributed by atoms with van der Waals surface area (Å²) in [6.45, 7) is 10.9. The van der Waals surface area contributed by atoms with Crippen LogP contribution in [0, 0.1) is 13.8 Å². The molecule has 0 aliphatic heterocycles. The van der Waals surface area contributed by atoms with E-state index in [2.05, 4.69) is 54.6 Å². The van der Waals surface area contributed by atoms with Crippen molar-refractivity contribution in [1.29, 1.82) is 0 Å². The second kappa shape index (κ2) is 15.4. The van der Waals surface area contributed by atoms with Crippen LogP contribution in [-0.2, 0) is 15.9 Å². The van der Waals surface area contributed by atoms with E-state index < -0.39 is 0 Å². The van der Waals surface area contributed by atoms with Crippen LogP contribution in [0.2, 0.25) is 0 Å². The Morgan fingerprint density at radius 1 is 1.04 bits per heavy atom. The van der Waals surface area contributed by atoms with Gasteiger partial charge in [-0.15, -0.1) is 24.0 Å². The van der Waals surface area contributed by atoms with Crippen molar-refractivity contribution in [1.82, 2.24) is 10.6 Å². The highest BCUT2D eigenvalue weighted by Crippen LogP contribution is 2.08. The fraction of sp³-hybridized carbons (Fsp3) is 0.632. The molecule has 0 aliphatic rings. The Balaban J connectivity index is 0.00000576. The van der Waals surface area contributed by atoms with Gasteiger partial charge in [-0.05, 0) is 39.2 Å². The Morgan fingerprint density at radius 3 is 2.40 bits per heavy atom. The summed E-state index contributed by atoms with van der Waals surface area (Å²) in [4.78, 5) is 4.58. The molecular formula is C19H34IN3O2. The SMILES string of the molecule is CCNC(=NCCCOCCOC)NCCc1cc(C)cc(C)c1.I. The minimum atomic E-state index is 0. The van der Waals surface area contributed by atoms with Crippen molar-refractivity contribution in [2.24, 2.45) is 4.99 Å². The average Bonchev–Trinajstić information content (AvgIpc) is 2.53. The molecule has 0 saturated heterocycles. The van der Waals surface area contributed by atoms with E-state index in [1.165, 1.54) is 16.7 Å². The molecular weight excluding hydrogens is 429 g/mol. The van der Waals surface area contributed by atoms with E-state index in [9.17, 15) is 0 Å². The lowest BCUT2D eigenvalue weighted by Crippen LogP contribution is -2.38. The molecule has 0 aliphatic carbocycles. The number of benzene rings is 1. The van der Waals surface area contributed by atoms with Crippen molar-refractivity contribution in [2.45, 2.75) is 33.6 Å². The minimum absolute atomic E-state index is 0. The first-order valence-corrected chi connectivity index (χ1v) is 8.81. The fourth-order valence-corrected chi connectivity index (χ4v) is 2.48. The van der Waals surface area contributed by atoms with Crippen LogP contribution in [-0.4, -0.2) is 52.5 Å². The van der Waals surface area contributed by atoms with Gasteiger partial charge < -0.3 is 20.1 Å². The highest BCUT2D eigenvalue weighted by molar-refractivity contribution is 14.0. The summed E-state index contributed by atoms with van der Waals surface area (Å²) in [5, 5.41) is 6.68. The highest BCUT2D eigenvalue weighted by atomic mass is 127. The largest absolute Gasteiger partial charge is 0.382 e. The molecule has 0 heterocycles. The first-order valence-electron chi connectivity index (χ1n) is 8.81. The average molecular weight is 463 g/mol. The maximum atomic E-state index is 5.44. The molecule has 144 valence electrons. The molecule has 6 heteroatoms. The number of guanidine groups is 1. The van der Waals surface area contributed by atoms with Gasteiger partial charge in [0.2, 0.25) is 0 Å². The van der Waals surface area contributed by atoms with Crippen molar-refractivity contribution in [2.75, 3.05) is 46.6 Å². The first-order chi connectivity index (χ1) is 11.7. The molecule has 0 unspecified atom stereocenters. The number of nitrogens with zero attached hydrogens (tertiary/aromatic N) is 1. The van der Waals surface area contributed by atoms with Crippen LogP contribution in [0.25, 0.3) is 0 Å². The van der Waals surface area contributed by atoms with Crippen LogP contribution in [0.4, 0.5) is 0 Å². The summed E-state index contributed by atoms with van der Waals surface area (Å²) in [6.07, 6.45) is 1.91. The van der Waals surface area contributed by atoms with E-state index >= 15 is 0 Å². The van der Waals surface area contributed by atoms with E-state index in [-0.39, 0.29) is 24.0 Å². The molecule has 25 heavy (non-hydrogen) atoms. The second-order valence-corrected chi connectivity index (χ2v) is 5.89. The van der Waals surface area contributed by atoms with E-state index in [4.69, 9.17) is 9.47 Å². The number of rotatable bonds is 11. The minimum Gasteiger partial charge on any atom is -0.382 e. The van der Waals surface area contributed by atoms with Crippen LogP contribution < -0.4 is 10.6 Å². The lowest BCUT2D eigenvalue weighted by molar-refractivity contribution is 0.0702. The van der Waals surface area contributed by atoms with Crippen LogP contribution in [0.1, 0.15) is 30.0 Å². The zero-order valence-corrected chi connectivity index (χ0v) is 18.4. The first kappa shape index (κ1) is 24.1. The third kappa shape index (κ3) is 12.2. The molecule has 1 aromatic rings. The number of methoxy groups -OCH3 is 1. The molecule has 5 nitrogen and oxygen atoms in total. The third-order valence-electron chi connectivity index (χ3n) is 3.48. The van der Waals surface area contributed by atoms with Crippen molar-refractivity contribution in [3.8, 4) is 0 Å². The predicted molar refractivity (Wildman–Crippen MR) is 116 cm³/mol. The molecule has 0 radical (unpaired) electrons. The van der Waals surface area contributed by atoms with E-state index in [1.807, 2.05) is 0 Å². The summed E-state index contributed by atoms with van der Waals surface area (Å²) < 4.78 is 10.4. The fourth-order valence-electron chi connectivity index (χ4n) is 2.48. The summed E-state index contributed by atoms with van der Waals surface area (Å²) >= 11 is 0. The van der Waals surface area contributed by atoms with Gasteiger partial charge in [-0.25, -0.2) is 0 Å². The van der Waals surface area contributed by atoms with Gasteiger partial charge in [0.1, 0.15) is 0 Å². The van der Waals surface area contributed by atoms with Crippen molar-refractivity contribution >= 4 is 29.9 Å². The molecule has 1 rings (SSSR count). The Labute approximate surface area is 170 Å². The predicted octanol–water partition coefficient (Wildman–Crippen LogP) is 3.07. The molecule has 1 aromatic carbocycles. The Kier molecular flexibility index (Phi) is 14.9. The highest BCUT2D eigenvalue weighted by Gasteiger charge is 1.99. The van der Waals surface area contributed by atoms with Crippen LogP contribution in [0.15, 0.2) is 23.2 Å². The standard InChI is InChI=1S/C19H33N3O2.HI/c1-5-20-19(21-8-6-10-24-12-11-23-4)22-9-7-18-14-16(2)13-17(3)15-18;/h13-15H,5-12H2,1-4H3,(H2,20,21,22);1H. The maximum Gasteiger partial charge on any atom is 0.191 e. The summed E-state index contributed by atoms with van der Waals surface area (Å²) in [7, 11) is 1.68. The number of hydrogen-bond donors (Lipinski definition) is 2. The van der Waals surface area contributed by atoms with Crippen LogP contribution in [0.5, 0.6) is 0 Å². The second-order valence-electron chi connectivity index (χ2n) is 5.89. The van der Waals surface area contributed by atoms with Gasteiger partial charge in [-0.3, -0.25) is 4.99 Å². The molecule has 0 aromatic heterocycles. The Hall–Kier alpha value is -0.860. The van der Waals surface area contributed by atoms with Gasteiger partial charge in [0.25, 0.3) is 0 Å². The topological polar surface area (TPSA) is 54.9 Å². The molecule has 2 N–H and O–H groups in total. The number of ether oxygens (including phenoxy) is 2. The van der Waals surface area contributed by atoms with Crippen molar-refractivity contribution < 1.29 is 9.47 Å². The third-order valence-corrected chi connectivity index (χ3v) is 3.48. The van der Waals surface area contributed by atoms with Crippen molar-refractivity contribution in [3.63, 3.8) is 0 Å². The lowest BCUT2D eigenvalue weighted by Gasteiger charge is -2.12. The zero-order chi connectivity index (χ0) is 17.6. The summed E-state index contributed by atoms with van der Waals surface area (Å²) in [6, 6.07) is 6.70. The number of halogens is 1. The number of nitrogens with one attached hydrogen (secondary N) is 2. The smallest absolute Gasteiger partial charge is 0.191 e. The number of hydrogen-bond acceptors (Lipinski definition) is 3. The van der Waals surface area contributed by atoms with Gasteiger partial charge >= 0.3 is 0 Å². The lowest BCUT2D eigenvalue weighted by atomic mass is 10.1. The van der Waals surface area contributed by atoms with Gasteiger partial charge in [0.15, 0.2) is 5.96 Å². The summed E-state index contributed by atoms with van der Waals surface area (Å²) in [5.74, 6) is 0.874. The zero-order valence-electron chi connectivity index (χ0n) is 16.1. The summed E-state index contributed by atoms with van der Waals surface area (Å²) in [5.41, 5.74) is 4.00. The molecule has 0 fully saturated rings. The number of aryl methyl sites for hydroxylation is 2. The van der Waals surface area contributed by atoms with E-state index in [0.29, 0.717) is 13.2 Å². The van der Waals surface area contributed by atoms with Gasteiger partial charge in [-0.2, -0.15) is 0 Å². The van der Waals surface area contributed by atoms with Crippen LogP contribution in [0.3, 0.4) is 0 Å². The molecule has 0 bridgehead atoms. The van der Waals surface area contributed by atoms with E-state index in [0.717, 1.165) is 45.0 Å².